The maximum Gasteiger partial charge on any atom is 0.430 e. The van der Waals surface area contributed by atoms with Crippen LogP contribution in [0.4, 0.5) is 9.59 Å². The Kier molecular flexibility index (Phi) is 5.75. The number of nitriles is 1. The summed E-state index contributed by atoms with van der Waals surface area (Å²) in [5.74, 6) is 0. The van der Waals surface area contributed by atoms with E-state index in [1.54, 1.807) is 41.5 Å². The molecule has 1 aliphatic rings. The summed E-state index contributed by atoms with van der Waals surface area (Å²) in [4.78, 5) is 24.8. The summed E-state index contributed by atoms with van der Waals surface area (Å²) in [5, 5.41) is 10.9. The Morgan fingerprint density at radius 1 is 1.09 bits per heavy atom. The third kappa shape index (κ3) is 5.79. The summed E-state index contributed by atoms with van der Waals surface area (Å²) in [6.45, 7) is 10.3. The van der Waals surface area contributed by atoms with Gasteiger partial charge in [0.2, 0.25) is 0 Å². The van der Waals surface area contributed by atoms with Gasteiger partial charge in [-0.1, -0.05) is 0 Å². The molecule has 0 aromatic heterocycles. The second-order valence-electron chi connectivity index (χ2n) is 7.37. The van der Waals surface area contributed by atoms with Crippen LogP contribution in [0.15, 0.2) is 0 Å². The maximum atomic E-state index is 12.4. The minimum atomic E-state index is -0.895. The second-order valence-corrected chi connectivity index (χ2v) is 7.98. The predicted molar refractivity (Wildman–Crippen MR) is 84.7 cm³/mol. The van der Waals surface area contributed by atoms with Crippen LogP contribution in [0.2, 0.25) is 0 Å². The first-order valence-corrected chi connectivity index (χ1v) is 7.84. The number of amides is 2. The lowest BCUT2D eigenvalue weighted by Gasteiger charge is -2.43. The van der Waals surface area contributed by atoms with Crippen molar-refractivity contribution in [3.63, 3.8) is 0 Å². The molecule has 0 saturated carbocycles. The van der Waals surface area contributed by atoms with E-state index in [2.05, 4.69) is 0 Å². The van der Waals surface area contributed by atoms with Gasteiger partial charge in [-0.3, -0.25) is 0 Å². The minimum absolute atomic E-state index is 0.0634. The number of halogens is 1. The molecule has 0 radical (unpaired) electrons. The SMILES string of the molecule is CC(C)(C)OC(=O)N1C[C@@H](Cl)C[C@@H](C#N)N1C(=O)OC(C)(C)C. The molecule has 1 aliphatic heterocycles. The summed E-state index contributed by atoms with van der Waals surface area (Å²) >= 11 is 6.12. The highest BCUT2D eigenvalue weighted by Crippen LogP contribution is 2.26. The van der Waals surface area contributed by atoms with E-state index in [1.165, 1.54) is 0 Å². The van der Waals surface area contributed by atoms with Gasteiger partial charge in [0.15, 0.2) is 0 Å². The van der Waals surface area contributed by atoms with Gasteiger partial charge in [-0.2, -0.15) is 10.3 Å². The van der Waals surface area contributed by atoms with Crippen molar-refractivity contribution in [1.82, 2.24) is 10.0 Å². The third-order valence-electron chi connectivity index (χ3n) is 2.74. The van der Waals surface area contributed by atoms with Gasteiger partial charge in [0.05, 0.1) is 18.0 Å². The molecule has 0 unspecified atom stereocenters. The van der Waals surface area contributed by atoms with Crippen LogP contribution in [-0.2, 0) is 9.47 Å². The van der Waals surface area contributed by atoms with Crippen LogP contribution in [0.3, 0.4) is 0 Å². The smallest absolute Gasteiger partial charge is 0.430 e. The summed E-state index contributed by atoms with van der Waals surface area (Å²) in [5.41, 5.74) is -1.49. The van der Waals surface area contributed by atoms with E-state index in [9.17, 15) is 14.9 Å². The number of nitrogens with zero attached hydrogens (tertiary/aromatic N) is 3. The molecule has 0 aromatic carbocycles. The fourth-order valence-electron chi connectivity index (χ4n) is 1.98. The molecule has 0 bridgehead atoms. The number of rotatable bonds is 0. The molecule has 1 heterocycles. The van der Waals surface area contributed by atoms with Crippen molar-refractivity contribution < 1.29 is 19.1 Å². The normalized spacial score (nSPS) is 22.3. The van der Waals surface area contributed by atoms with Gasteiger partial charge in [-0.05, 0) is 41.5 Å². The lowest BCUT2D eigenvalue weighted by Crippen LogP contribution is -2.61. The van der Waals surface area contributed by atoms with E-state index in [1.807, 2.05) is 6.07 Å². The summed E-state index contributed by atoms with van der Waals surface area (Å²) < 4.78 is 10.6. The first-order valence-electron chi connectivity index (χ1n) is 7.40. The zero-order chi connectivity index (χ0) is 18.0. The van der Waals surface area contributed by atoms with Crippen molar-refractivity contribution in [2.24, 2.45) is 0 Å². The molecule has 2 amide bonds. The fourth-order valence-corrected chi connectivity index (χ4v) is 2.28. The van der Waals surface area contributed by atoms with E-state index in [0.29, 0.717) is 0 Å². The zero-order valence-electron chi connectivity index (χ0n) is 14.4. The Hall–Kier alpha value is -1.68. The molecule has 1 saturated heterocycles. The van der Waals surface area contributed by atoms with E-state index in [-0.39, 0.29) is 13.0 Å². The Labute approximate surface area is 142 Å². The molecule has 1 fully saturated rings. The largest absolute Gasteiger partial charge is 0.442 e. The lowest BCUT2D eigenvalue weighted by molar-refractivity contribution is -0.0841. The van der Waals surface area contributed by atoms with Crippen molar-refractivity contribution in [2.75, 3.05) is 6.54 Å². The van der Waals surface area contributed by atoms with Crippen LogP contribution < -0.4 is 0 Å². The van der Waals surface area contributed by atoms with Gasteiger partial charge < -0.3 is 9.47 Å². The number of hydrogen-bond acceptors (Lipinski definition) is 5. The number of carbonyl (C=O) groups is 2. The molecule has 130 valence electrons. The van der Waals surface area contributed by atoms with E-state index in [0.717, 1.165) is 10.0 Å². The van der Waals surface area contributed by atoms with Crippen LogP contribution in [-0.4, -0.2) is 51.4 Å². The highest BCUT2D eigenvalue weighted by Gasteiger charge is 2.43. The Morgan fingerprint density at radius 3 is 2.00 bits per heavy atom. The highest BCUT2D eigenvalue weighted by molar-refractivity contribution is 6.21. The molecule has 0 spiro atoms. The van der Waals surface area contributed by atoms with Crippen LogP contribution in [0.1, 0.15) is 48.0 Å². The van der Waals surface area contributed by atoms with Gasteiger partial charge in [0.1, 0.15) is 17.2 Å². The van der Waals surface area contributed by atoms with E-state index < -0.39 is 34.8 Å². The quantitative estimate of drug-likeness (QED) is 0.629. The van der Waals surface area contributed by atoms with Crippen LogP contribution in [0.25, 0.3) is 0 Å². The number of carbonyl (C=O) groups excluding carboxylic acids is 2. The molecule has 1 rings (SSSR count). The lowest BCUT2D eigenvalue weighted by atomic mass is 10.1. The molecule has 0 N–H and O–H groups in total. The highest BCUT2D eigenvalue weighted by atomic mass is 35.5. The average Bonchev–Trinajstić information content (AvgIpc) is 2.33. The van der Waals surface area contributed by atoms with Gasteiger partial charge >= 0.3 is 12.2 Å². The third-order valence-corrected chi connectivity index (χ3v) is 3.06. The first-order chi connectivity index (χ1) is 10.3. The van der Waals surface area contributed by atoms with Crippen LogP contribution >= 0.6 is 11.6 Å². The topological polar surface area (TPSA) is 82.9 Å². The number of ether oxygens (including phenoxy) is 2. The van der Waals surface area contributed by atoms with Crippen LogP contribution in [0, 0.1) is 11.3 Å². The van der Waals surface area contributed by atoms with Crippen molar-refractivity contribution >= 4 is 23.8 Å². The van der Waals surface area contributed by atoms with Crippen LogP contribution in [0.5, 0.6) is 0 Å². The van der Waals surface area contributed by atoms with Gasteiger partial charge in [-0.25, -0.2) is 14.6 Å². The molecule has 8 heteroatoms. The first kappa shape index (κ1) is 19.4. The predicted octanol–water partition coefficient (Wildman–Crippen LogP) is 3.28. The Bertz CT molecular complexity index is 504. The molecule has 2 atom stereocenters. The van der Waals surface area contributed by atoms with Gasteiger partial charge in [-0.15, -0.1) is 11.6 Å². The summed E-state index contributed by atoms with van der Waals surface area (Å²) in [7, 11) is 0. The fraction of sp³-hybridized carbons (Fsp3) is 0.800. The Balaban J connectivity index is 3.08. The van der Waals surface area contributed by atoms with Crippen molar-refractivity contribution in [3.8, 4) is 6.07 Å². The maximum absolute atomic E-state index is 12.4. The van der Waals surface area contributed by atoms with E-state index >= 15 is 0 Å². The van der Waals surface area contributed by atoms with Crippen molar-refractivity contribution in [1.29, 1.82) is 5.26 Å². The molecule has 0 aromatic rings. The van der Waals surface area contributed by atoms with Gasteiger partial charge in [0.25, 0.3) is 0 Å². The van der Waals surface area contributed by atoms with Gasteiger partial charge in [0, 0.05) is 6.42 Å². The average molecular weight is 346 g/mol. The number of hydrazine groups is 1. The zero-order valence-corrected chi connectivity index (χ0v) is 15.2. The van der Waals surface area contributed by atoms with E-state index in [4.69, 9.17) is 21.1 Å². The number of hydrogen-bond donors (Lipinski definition) is 0. The molecular formula is C15H24ClN3O4. The minimum Gasteiger partial charge on any atom is -0.442 e. The monoisotopic (exact) mass is 345 g/mol. The Morgan fingerprint density at radius 2 is 1.57 bits per heavy atom. The van der Waals surface area contributed by atoms with Crippen molar-refractivity contribution in [2.45, 2.75) is 70.6 Å². The summed E-state index contributed by atoms with van der Waals surface area (Å²) in [6.07, 6.45) is -1.27. The molecular weight excluding hydrogens is 322 g/mol. The van der Waals surface area contributed by atoms with Crippen molar-refractivity contribution in [3.05, 3.63) is 0 Å². The molecule has 7 nitrogen and oxygen atoms in total. The summed E-state index contributed by atoms with van der Waals surface area (Å²) in [6, 6.07) is 1.10. The number of alkyl halides is 1. The standard InChI is InChI=1S/C15H24ClN3O4/c1-14(2,3)22-12(20)18-9-10(16)7-11(8-17)19(18)13(21)23-15(4,5)6/h10-11H,7,9H2,1-6H3/t10-,11-/m0/s1. The molecule has 23 heavy (non-hydrogen) atoms. The molecule has 0 aliphatic carbocycles. The second kappa shape index (κ2) is 6.83.